The SMILES string of the molecule is Cc1ccc(C)c(C(=O)CN2CCC(NC(=O)OC(C)(C)C)C2)c1. The van der Waals surface area contributed by atoms with E-state index in [2.05, 4.69) is 10.2 Å². The molecule has 0 saturated carbocycles. The fourth-order valence-corrected chi connectivity index (χ4v) is 2.89. The molecule has 0 spiro atoms. The van der Waals surface area contributed by atoms with Crippen LogP contribution in [0.1, 0.15) is 48.7 Å². The van der Waals surface area contributed by atoms with Crippen molar-refractivity contribution >= 4 is 11.9 Å². The Hall–Kier alpha value is -1.88. The van der Waals surface area contributed by atoms with Crippen molar-refractivity contribution in [1.29, 1.82) is 0 Å². The van der Waals surface area contributed by atoms with Crippen molar-refractivity contribution in [2.45, 2.75) is 52.7 Å². The molecule has 24 heavy (non-hydrogen) atoms. The molecule has 1 fully saturated rings. The number of ether oxygens (including phenoxy) is 1. The average Bonchev–Trinajstić information content (AvgIpc) is 2.86. The van der Waals surface area contributed by atoms with Crippen LogP contribution in [0.2, 0.25) is 0 Å². The highest BCUT2D eigenvalue weighted by Crippen LogP contribution is 2.15. The monoisotopic (exact) mass is 332 g/mol. The Balaban J connectivity index is 1.86. The molecular formula is C19H28N2O3. The minimum Gasteiger partial charge on any atom is -0.444 e. The van der Waals surface area contributed by atoms with Gasteiger partial charge >= 0.3 is 6.09 Å². The Kier molecular flexibility index (Phi) is 5.65. The largest absolute Gasteiger partial charge is 0.444 e. The molecule has 5 nitrogen and oxygen atoms in total. The number of carbonyl (C=O) groups is 2. The predicted molar refractivity (Wildman–Crippen MR) is 94.5 cm³/mol. The van der Waals surface area contributed by atoms with E-state index in [1.54, 1.807) is 0 Å². The van der Waals surface area contributed by atoms with Crippen LogP contribution in [0.5, 0.6) is 0 Å². The molecule has 1 aromatic rings. The molecule has 1 aromatic carbocycles. The second-order valence-corrected chi connectivity index (χ2v) is 7.61. The molecule has 2 rings (SSSR count). The van der Waals surface area contributed by atoms with E-state index in [-0.39, 0.29) is 11.8 Å². The summed E-state index contributed by atoms with van der Waals surface area (Å²) in [6.07, 6.45) is 0.439. The molecule has 1 heterocycles. The number of hydrogen-bond donors (Lipinski definition) is 1. The van der Waals surface area contributed by atoms with E-state index in [9.17, 15) is 9.59 Å². The first kappa shape index (κ1) is 18.5. The molecule has 5 heteroatoms. The topological polar surface area (TPSA) is 58.6 Å². The fraction of sp³-hybridized carbons (Fsp3) is 0.579. The quantitative estimate of drug-likeness (QED) is 0.861. The lowest BCUT2D eigenvalue weighted by Crippen LogP contribution is -2.41. The van der Waals surface area contributed by atoms with Gasteiger partial charge in [-0.1, -0.05) is 17.7 Å². The van der Waals surface area contributed by atoms with E-state index < -0.39 is 11.7 Å². The number of nitrogens with zero attached hydrogens (tertiary/aromatic N) is 1. The third-order valence-corrected chi connectivity index (χ3v) is 4.05. The number of nitrogens with one attached hydrogen (secondary N) is 1. The Morgan fingerprint density at radius 2 is 2.00 bits per heavy atom. The highest BCUT2D eigenvalue weighted by atomic mass is 16.6. The number of carbonyl (C=O) groups excluding carboxylic acids is 2. The van der Waals surface area contributed by atoms with Crippen molar-refractivity contribution in [1.82, 2.24) is 10.2 Å². The minimum atomic E-state index is -0.499. The molecule has 1 unspecified atom stereocenters. The number of Topliss-reactive ketones (excluding diaryl/α,β-unsaturated/α-hetero) is 1. The van der Waals surface area contributed by atoms with Crippen LogP contribution in [0, 0.1) is 13.8 Å². The highest BCUT2D eigenvalue weighted by molar-refractivity contribution is 5.99. The second kappa shape index (κ2) is 7.34. The molecule has 1 N–H and O–H groups in total. The minimum absolute atomic E-state index is 0.0336. The van der Waals surface area contributed by atoms with Gasteiger partial charge in [-0.15, -0.1) is 0 Å². The summed E-state index contributed by atoms with van der Waals surface area (Å²) >= 11 is 0. The van der Waals surface area contributed by atoms with Crippen molar-refractivity contribution in [3.05, 3.63) is 34.9 Å². The number of benzene rings is 1. The number of aryl methyl sites for hydroxylation is 2. The van der Waals surface area contributed by atoms with Crippen LogP contribution >= 0.6 is 0 Å². The van der Waals surface area contributed by atoms with E-state index in [0.29, 0.717) is 13.1 Å². The summed E-state index contributed by atoms with van der Waals surface area (Å²) in [5.41, 5.74) is 2.39. The highest BCUT2D eigenvalue weighted by Gasteiger charge is 2.27. The standard InChI is InChI=1S/C19H28N2O3/c1-13-6-7-14(2)16(10-13)17(22)12-21-9-8-15(11-21)20-18(23)24-19(3,4)5/h6-7,10,15H,8-9,11-12H2,1-5H3,(H,20,23). The Morgan fingerprint density at radius 3 is 2.67 bits per heavy atom. The summed E-state index contributed by atoms with van der Waals surface area (Å²) in [6, 6.07) is 5.98. The van der Waals surface area contributed by atoms with Crippen LogP contribution in [-0.4, -0.2) is 48.1 Å². The van der Waals surface area contributed by atoms with Crippen molar-refractivity contribution < 1.29 is 14.3 Å². The molecule has 132 valence electrons. The maximum absolute atomic E-state index is 12.5. The van der Waals surface area contributed by atoms with Gasteiger partial charge in [0.25, 0.3) is 0 Å². The molecule has 0 radical (unpaired) electrons. The maximum Gasteiger partial charge on any atom is 0.407 e. The Bertz CT molecular complexity index is 620. The average molecular weight is 332 g/mol. The van der Waals surface area contributed by atoms with Crippen molar-refractivity contribution in [2.75, 3.05) is 19.6 Å². The molecule has 1 aliphatic heterocycles. The molecule has 1 amide bonds. The van der Waals surface area contributed by atoms with E-state index >= 15 is 0 Å². The molecule has 0 aromatic heterocycles. The third kappa shape index (κ3) is 5.34. The van der Waals surface area contributed by atoms with Crippen LogP contribution in [0.4, 0.5) is 4.79 Å². The lowest BCUT2D eigenvalue weighted by molar-refractivity contribution is 0.0506. The van der Waals surface area contributed by atoms with Gasteiger partial charge in [-0.05, 0) is 52.7 Å². The zero-order valence-corrected chi connectivity index (χ0v) is 15.3. The van der Waals surface area contributed by atoms with Crippen LogP contribution in [-0.2, 0) is 4.74 Å². The van der Waals surface area contributed by atoms with Gasteiger partial charge in [0.1, 0.15) is 5.60 Å². The first-order valence-electron chi connectivity index (χ1n) is 8.46. The number of amides is 1. The lowest BCUT2D eigenvalue weighted by atomic mass is 10.0. The van der Waals surface area contributed by atoms with Gasteiger partial charge in [-0.25, -0.2) is 4.79 Å². The molecular weight excluding hydrogens is 304 g/mol. The summed E-state index contributed by atoms with van der Waals surface area (Å²) in [5.74, 6) is 0.133. The van der Waals surface area contributed by atoms with Crippen LogP contribution in [0.15, 0.2) is 18.2 Å². The molecule has 1 aliphatic rings. The Labute approximate surface area is 144 Å². The number of hydrogen-bond acceptors (Lipinski definition) is 4. The first-order valence-corrected chi connectivity index (χ1v) is 8.46. The van der Waals surface area contributed by atoms with E-state index in [0.717, 1.165) is 29.7 Å². The Morgan fingerprint density at radius 1 is 1.29 bits per heavy atom. The lowest BCUT2D eigenvalue weighted by Gasteiger charge is -2.22. The molecule has 0 bridgehead atoms. The normalized spacial score (nSPS) is 18.5. The first-order chi connectivity index (χ1) is 11.1. The molecule has 1 atom stereocenters. The maximum atomic E-state index is 12.5. The van der Waals surface area contributed by atoms with Crippen LogP contribution in [0.25, 0.3) is 0 Å². The van der Waals surface area contributed by atoms with Gasteiger partial charge in [-0.2, -0.15) is 0 Å². The van der Waals surface area contributed by atoms with Gasteiger partial charge in [0.05, 0.1) is 6.54 Å². The summed E-state index contributed by atoms with van der Waals surface area (Å²) in [4.78, 5) is 26.5. The second-order valence-electron chi connectivity index (χ2n) is 7.61. The summed E-state index contributed by atoms with van der Waals surface area (Å²) in [5, 5.41) is 2.88. The summed E-state index contributed by atoms with van der Waals surface area (Å²) in [6.45, 7) is 11.4. The van der Waals surface area contributed by atoms with E-state index in [4.69, 9.17) is 4.74 Å². The number of ketones is 1. The fourth-order valence-electron chi connectivity index (χ4n) is 2.89. The smallest absolute Gasteiger partial charge is 0.407 e. The van der Waals surface area contributed by atoms with Gasteiger partial charge in [0, 0.05) is 24.7 Å². The number of rotatable bonds is 4. The van der Waals surface area contributed by atoms with Crippen LogP contribution < -0.4 is 5.32 Å². The van der Waals surface area contributed by atoms with Gasteiger partial charge in [0.15, 0.2) is 5.78 Å². The van der Waals surface area contributed by atoms with Crippen molar-refractivity contribution in [3.8, 4) is 0 Å². The van der Waals surface area contributed by atoms with Gasteiger partial charge < -0.3 is 10.1 Å². The van der Waals surface area contributed by atoms with E-state index in [1.165, 1.54) is 0 Å². The van der Waals surface area contributed by atoms with Crippen molar-refractivity contribution in [3.63, 3.8) is 0 Å². The third-order valence-electron chi connectivity index (χ3n) is 4.05. The van der Waals surface area contributed by atoms with Crippen molar-refractivity contribution in [2.24, 2.45) is 0 Å². The predicted octanol–water partition coefficient (Wildman–Crippen LogP) is 3.09. The summed E-state index contributed by atoms with van der Waals surface area (Å²) < 4.78 is 5.28. The number of likely N-dealkylation sites (tertiary alicyclic amines) is 1. The zero-order chi connectivity index (χ0) is 17.9. The molecule has 0 aliphatic carbocycles. The van der Waals surface area contributed by atoms with Crippen LogP contribution in [0.3, 0.4) is 0 Å². The van der Waals surface area contributed by atoms with Gasteiger partial charge in [-0.3, -0.25) is 9.69 Å². The summed E-state index contributed by atoms with van der Waals surface area (Å²) in [7, 11) is 0. The van der Waals surface area contributed by atoms with E-state index in [1.807, 2.05) is 52.8 Å². The number of alkyl carbamates (subject to hydrolysis) is 1. The van der Waals surface area contributed by atoms with Gasteiger partial charge in [0.2, 0.25) is 0 Å². The zero-order valence-electron chi connectivity index (χ0n) is 15.3. The molecule has 1 saturated heterocycles.